The fourth-order valence-corrected chi connectivity index (χ4v) is 4.41. The van der Waals surface area contributed by atoms with Crippen LogP contribution in [0.5, 0.6) is 11.5 Å². The van der Waals surface area contributed by atoms with E-state index in [1.54, 1.807) is 18.2 Å². The number of allylic oxidation sites excluding steroid dienone is 1. The number of aldehydes is 1. The Morgan fingerprint density at radius 3 is 2.64 bits per heavy atom. The van der Waals surface area contributed by atoms with Gasteiger partial charge in [0, 0.05) is 44.8 Å². The molecule has 1 aromatic carbocycles. The quantitative estimate of drug-likeness (QED) is 0.600. The number of methoxy groups -OCH3 is 2. The van der Waals surface area contributed by atoms with Crippen LogP contribution in [-0.2, 0) is 19.9 Å². The van der Waals surface area contributed by atoms with Gasteiger partial charge in [-0.15, -0.1) is 0 Å². The summed E-state index contributed by atoms with van der Waals surface area (Å²) >= 11 is 0. The number of piperidine rings is 1. The van der Waals surface area contributed by atoms with Crippen LogP contribution in [0.15, 0.2) is 55.4 Å². The predicted molar refractivity (Wildman–Crippen MR) is 122 cm³/mol. The van der Waals surface area contributed by atoms with E-state index in [0.29, 0.717) is 55.0 Å². The van der Waals surface area contributed by atoms with Crippen molar-refractivity contribution >= 4 is 17.9 Å². The molecule has 1 amide bonds. The van der Waals surface area contributed by atoms with Crippen LogP contribution < -0.4 is 9.47 Å². The zero-order valence-corrected chi connectivity index (χ0v) is 18.9. The second kappa shape index (κ2) is 9.15. The smallest absolute Gasteiger partial charge is 0.253 e. The lowest BCUT2D eigenvalue weighted by molar-refractivity contribution is -0.115. The van der Waals surface area contributed by atoms with Gasteiger partial charge in [0.1, 0.15) is 5.76 Å². The molecule has 3 heterocycles. The van der Waals surface area contributed by atoms with E-state index >= 15 is 0 Å². The normalized spacial score (nSPS) is 17.8. The number of carbonyl (C=O) groups is 2. The van der Waals surface area contributed by atoms with Gasteiger partial charge in [-0.2, -0.15) is 0 Å². The second-order valence-electron chi connectivity index (χ2n) is 8.14. The number of fused-ring (bicyclic) bond motifs is 2. The maximum Gasteiger partial charge on any atom is 0.253 e. The molecule has 2 aliphatic rings. The van der Waals surface area contributed by atoms with Crippen LogP contribution in [0.4, 0.5) is 0 Å². The summed E-state index contributed by atoms with van der Waals surface area (Å²) in [6.07, 6.45) is 3.16. The second-order valence-corrected chi connectivity index (χ2v) is 8.14. The minimum Gasteiger partial charge on any atom is -0.493 e. The van der Waals surface area contributed by atoms with Gasteiger partial charge in [-0.05, 0) is 30.3 Å². The largest absolute Gasteiger partial charge is 0.493 e. The van der Waals surface area contributed by atoms with Crippen molar-refractivity contribution in [3.05, 3.63) is 66.7 Å². The highest BCUT2D eigenvalue weighted by atomic mass is 16.5. The lowest BCUT2D eigenvalue weighted by Gasteiger charge is -2.45. The number of aromatic nitrogens is 1. The fourth-order valence-electron chi connectivity index (χ4n) is 4.41. The number of rotatable bonds is 7. The standard InChI is InChI=1S/C25H28N2O6/c1-17-18(2)33-25(23-6-5-11-27(17)23)9-12-26(13-10-25)24(29)19-7-8-21(22(14-19)31-4)32-20(15-28)16-30-3/h5-8,11,14-15,20H,1-2,9-10,12-13,16H2,3-4H3. The molecule has 174 valence electrons. The van der Waals surface area contributed by atoms with Gasteiger partial charge in [0.15, 0.2) is 29.5 Å². The zero-order valence-electron chi connectivity index (χ0n) is 18.9. The first-order valence-electron chi connectivity index (χ1n) is 10.8. The minimum atomic E-state index is -0.760. The molecular formula is C25H28N2O6. The molecule has 0 N–H and O–H groups in total. The Bertz CT molecular complexity index is 1080. The fraction of sp³-hybridized carbons (Fsp3) is 0.360. The molecule has 0 bridgehead atoms. The topological polar surface area (TPSA) is 79.2 Å². The van der Waals surface area contributed by atoms with Gasteiger partial charge in [-0.3, -0.25) is 9.59 Å². The number of hydrogen-bond donors (Lipinski definition) is 0. The van der Waals surface area contributed by atoms with Crippen molar-refractivity contribution in [1.29, 1.82) is 0 Å². The van der Waals surface area contributed by atoms with Gasteiger partial charge in [0.05, 0.1) is 25.1 Å². The molecule has 4 rings (SSSR count). The average Bonchev–Trinajstić information content (AvgIpc) is 3.34. The summed E-state index contributed by atoms with van der Waals surface area (Å²) in [5.74, 6) is 1.20. The van der Waals surface area contributed by atoms with E-state index in [1.807, 2.05) is 27.8 Å². The molecule has 1 spiro atoms. The first-order valence-corrected chi connectivity index (χ1v) is 10.8. The third-order valence-electron chi connectivity index (χ3n) is 6.18. The first kappa shape index (κ1) is 22.7. The molecule has 1 fully saturated rings. The van der Waals surface area contributed by atoms with Gasteiger partial charge >= 0.3 is 0 Å². The van der Waals surface area contributed by atoms with Crippen molar-refractivity contribution in [2.45, 2.75) is 24.5 Å². The van der Waals surface area contributed by atoms with Crippen LogP contribution in [0, 0.1) is 0 Å². The molecule has 2 aromatic rings. The van der Waals surface area contributed by atoms with Crippen LogP contribution in [-0.4, -0.2) is 61.7 Å². The Balaban J connectivity index is 1.48. The van der Waals surface area contributed by atoms with Crippen LogP contribution in [0.25, 0.3) is 5.70 Å². The van der Waals surface area contributed by atoms with Crippen molar-refractivity contribution in [2.24, 2.45) is 0 Å². The van der Waals surface area contributed by atoms with Crippen LogP contribution in [0.2, 0.25) is 0 Å². The molecule has 1 aromatic heterocycles. The number of nitrogens with zero attached hydrogens (tertiary/aromatic N) is 2. The number of carbonyl (C=O) groups excluding carboxylic acids is 2. The molecule has 8 heteroatoms. The van der Waals surface area contributed by atoms with E-state index in [4.69, 9.17) is 18.9 Å². The van der Waals surface area contributed by atoms with E-state index < -0.39 is 11.7 Å². The molecular weight excluding hydrogens is 424 g/mol. The van der Waals surface area contributed by atoms with E-state index in [2.05, 4.69) is 13.2 Å². The van der Waals surface area contributed by atoms with Crippen molar-refractivity contribution in [3.8, 4) is 11.5 Å². The van der Waals surface area contributed by atoms with Gasteiger partial charge in [-0.1, -0.05) is 13.2 Å². The molecule has 2 aliphatic heterocycles. The molecule has 33 heavy (non-hydrogen) atoms. The molecule has 1 saturated heterocycles. The molecule has 0 radical (unpaired) electrons. The SMILES string of the molecule is C=C1OC2(CCN(C(=O)c3ccc(OC(C=O)COC)c(OC)c3)CC2)c2cccn2C1=C. The number of hydrogen-bond acceptors (Lipinski definition) is 6. The summed E-state index contributed by atoms with van der Waals surface area (Å²) < 4.78 is 24.3. The Morgan fingerprint density at radius 2 is 1.97 bits per heavy atom. The summed E-state index contributed by atoms with van der Waals surface area (Å²) in [4.78, 5) is 26.2. The van der Waals surface area contributed by atoms with Gasteiger partial charge in [0.25, 0.3) is 5.91 Å². The highest BCUT2D eigenvalue weighted by molar-refractivity contribution is 5.95. The summed E-state index contributed by atoms with van der Waals surface area (Å²) in [5, 5.41) is 0. The van der Waals surface area contributed by atoms with E-state index in [1.165, 1.54) is 14.2 Å². The first-order chi connectivity index (χ1) is 15.9. The van der Waals surface area contributed by atoms with Crippen molar-refractivity contribution in [2.75, 3.05) is 33.9 Å². The highest BCUT2D eigenvalue weighted by Crippen LogP contribution is 2.44. The highest BCUT2D eigenvalue weighted by Gasteiger charge is 2.44. The Kier molecular flexibility index (Phi) is 6.29. The summed E-state index contributed by atoms with van der Waals surface area (Å²) in [5.41, 5.74) is 1.74. The summed E-state index contributed by atoms with van der Waals surface area (Å²) in [6, 6.07) is 8.95. The molecule has 0 aliphatic carbocycles. The maximum atomic E-state index is 13.2. The van der Waals surface area contributed by atoms with E-state index in [9.17, 15) is 9.59 Å². The van der Waals surface area contributed by atoms with Gasteiger partial charge < -0.3 is 28.4 Å². The number of amides is 1. The van der Waals surface area contributed by atoms with E-state index in [-0.39, 0.29) is 12.5 Å². The lowest BCUT2D eigenvalue weighted by Crippen LogP contribution is -2.48. The molecule has 1 unspecified atom stereocenters. The average molecular weight is 453 g/mol. The Labute approximate surface area is 193 Å². The van der Waals surface area contributed by atoms with Crippen LogP contribution >= 0.6 is 0 Å². The Morgan fingerprint density at radius 1 is 1.21 bits per heavy atom. The third-order valence-corrected chi connectivity index (χ3v) is 6.18. The maximum absolute atomic E-state index is 13.2. The van der Waals surface area contributed by atoms with Crippen LogP contribution in [0.1, 0.15) is 28.9 Å². The molecule has 0 saturated carbocycles. The Hall–Kier alpha value is -3.52. The number of benzene rings is 1. The predicted octanol–water partition coefficient (Wildman–Crippen LogP) is 3.24. The van der Waals surface area contributed by atoms with Crippen molar-refractivity contribution < 1.29 is 28.5 Å². The van der Waals surface area contributed by atoms with Crippen LogP contribution in [0.3, 0.4) is 0 Å². The lowest BCUT2D eigenvalue weighted by atomic mass is 9.86. The summed E-state index contributed by atoms with van der Waals surface area (Å²) in [7, 11) is 2.98. The van der Waals surface area contributed by atoms with Gasteiger partial charge in [-0.25, -0.2) is 0 Å². The van der Waals surface area contributed by atoms with Crippen molar-refractivity contribution in [3.63, 3.8) is 0 Å². The number of likely N-dealkylation sites (tertiary alicyclic amines) is 1. The monoisotopic (exact) mass is 452 g/mol. The third kappa shape index (κ3) is 4.14. The van der Waals surface area contributed by atoms with Crippen molar-refractivity contribution in [1.82, 2.24) is 9.47 Å². The number of ether oxygens (including phenoxy) is 4. The minimum absolute atomic E-state index is 0.104. The molecule has 8 nitrogen and oxygen atoms in total. The zero-order chi connectivity index (χ0) is 23.6. The van der Waals surface area contributed by atoms with Gasteiger partial charge in [0.2, 0.25) is 0 Å². The molecule has 1 atom stereocenters. The summed E-state index contributed by atoms with van der Waals surface area (Å²) in [6.45, 7) is 9.25. The van der Waals surface area contributed by atoms with E-state index in [0.717, 1.165) is 11.4 Å².